The van der Waals surface area contributed by atoms with Gasteiger partial charge in [0.05, 0.1) is 5.54 Å². The lowest BCUT2D eigenvalue weighted by molar-refractivity contribution is -0.197. The van der Waals surface area contributed by atoms with Gasteiger partial charge in [-0.15, -0.1) is 0 Å². The van der Waals surface area contributed by atoms with Crippen LogP contribution in [0.1, 0.15) is 71.6 Å². The highest BCUT2D eigenvalue weighted by atomic mass is 16.5. The first-order chi connectivity index (χ1) is 9.97. The van der Waals surface area contributed by atoms with E-state index in [1.54, 1.807) is 0 Å². The molecule has 1 saturated heterocycles. The molecule has 0 aromatic rings. The summed E-state index contributed by atoms with van der Waals surface area (Å²) in [5.74, 6) is 2.70. The summed E-state index contributed by atoms with van der Waals surface area (Å²) < 4.78 is 0. The molecule has 0 aromatic heterocycles. The van der Waals surface area contributed by atoms with Crippen molar-refractivity contribution in [2.24, 2.45) is 29.1 Å². The number of hydrogen-bond donors (Lipinski definition) is 1. The summed E-state index contributed by atoms with van der Waals surface area (Å²) in [6.45, 7) is 4.66. The summed E-state index contributed by atoms with van der Waals surface area (Å²) in [7, 11) is 0. The van der Waals surface area contributed by atoms with Crippen LogP contribution in [0.4, 0.5) is 0 Å². The van der Waals surface area contributed by atoms with Crippen molar-refractivity contribution in [1.29, 1.82) is 0 Å². The Bertz CT molecular complexity index is 464. The number of fused-ring (bicyclic) bond motifs is 5. The van der Waals surface area contributed by atoms with Crippen molar-refractivity contribution in [2.75, 3.05) is 0 Å². The van der Waals surface area contributed by atoms with E-state index < -0.39 is 0 Å². The fraction of sp³-hybridized carbons (Fsp3) is 0.944. The van der Waals surface area contributed by atoms with Crippen molar-refractivity contribution in [1.82, 2.24) is 5.06 Å². The Balaban J connectivity index is 1.67. The van der Waals surface area contributed by atoms with Crippen molar-refractivity contribution in [3.63, 3.8) is 0 Å². The predicted molar refractivity (Wildman–Crippen MR) is 80.7 cm³/mol. The normalized spacial score (nSPS) is 53.1. The Labute approximate surface area is 128 Å². The van der Waals surface area contributed by atoms with E-state index in [1.807, 2.05) is 0 Å². The zero-order valence-corrected chi connectivity index (χ0v) is 13.5. The molecule has 3 heteroatoms. The highest BCUT2D eigenvalue weighted by molar-refractivity contribution is 5.79. The Kier molecular flexibility index (Phi) is 2.99. The smallest absolute Gasteiger partial charge is 0.246 e. The van der Waals surface area contributed by atoms with Crippen LogP contribution < -0.4 is 0 Å². The standard InChI is InChI=1S/C18H29NO2/c1-17-9-4-3-5-12(17)6-7-13-14(17)8-10-18(2)15(13)11-16(20)19(18)21/h12-15,21H,3-11H2,1-2H3/t12-,13-,14+,15+,17+,18+/m1/s1. The molecular weight excluding hydrogens is 262 g/mol. The van der Waals surface area contributed by atoms with E-state index in [4.69, 9.17) is 0 Å². The maximum absolute atomic E-state index is 12.1. The van der Waals surface area contributed by atoms with Gasteiger partial charge < -0.3 is 0 Å². The maximum atomic E-state index is 12.1. The first kappa shape index (κ1) is 14.0. The molecular formula is C18H29NO2. The zero-order valence-electron chi connectivity index (χ0n) is 13.5. The van der Waals surface area contributed by atoms with Gasteiger partial charge in [-0.3, -0.25) is 10.0 Å². The van der Waals surface area contributed by atoms with Crippen molar-refractivity contribution in [3.05, 3.63) is 0 Å². The third kappa shape index (κ3) is 1.73. The van der Waals surface area contributed by atoms with Crippen LogP contribution in [0.3, 0.4) is 0 Å². The van der Waals surface area contributed by atoms with Gasteiger partial charge in [0.1, 0.15) is 0 Å². The molecule has 3 nitrogen and oxygen atoms in total. The number of nitrogens with zero attached hydrogens (tertiary/aromatic N) is 1. The Hall–Kier alpha value is -0.570. The quantitative estimate of drug-likeness (QED) is 0.685. The molecule has 3 aliphatic carbocycles. The van der Waals surface area contributed by atoms with Crippen LogP contribution >= 0.6 is 0 Å². The van der Waals surface area contributed by atoms with Gasteiger partial charge in [0.25, 0.3) is 0 Å². The number of hydroxylamine groups is 2. The number of carbonyl (C=O) groups excluding carboxylic acids is 1. The van der Waals surface area contributed by atoms with E-state index in [0.29, 0.717) is 23.7 Å². The lowest BCUT2D eigenvalue weighted by Gasteiger charge is -2.59. The van der Waals surface area contributed by atoms with Gasteiger partial charge in [-0.2, -0.15) is 0 Å². The van der Waals surface area contributed by atoms with Crippen molar-refractivity contribution >= 4 is 5.91 Å². The molecule has 0 aromatic carbocycles. The molecule has 0 spiro atoms. The van der Waals surface area contributed by atoms with Gasteiger partial charge in [0.2, 0.25) is 5.91 Å². The van der Waals surface area contributed by atoms with Crippen LogP contribution in [0.25, 0.3) is 0 Å². The summed E-state index contributed by atoms with van der Waals surface area (Å²) >= 11 is 0. The van der Waals surface area contributed by atoms with E-state index in [0.717, 1.165) is 23.3 Å². The second-order valence-electron chi connectivity index (χ2n) is 8.71. The van der Waals surface area contributed by atoms with E-state index in [9.17, 15) is 10.0 Å². The van der Waals surface area contributed by atoms with Gasteiger partial charge in [0, 0.05) is 6.42 Å². The van der Waals surface area contributed by atoms with E-state index in [1.165, 1.54) is 44.9 Å². The molecule has 1 N–H and O–H groups in total. The lowest BCUT2D eigenvalue weighted by atomic mass is 9.46. The number of amides is 1. The third-order valence-corrected chi connectivity index (χ3v) is 8.05. The largest absolute Gasteiger partial charge is 0.285 e. The minimum Gasteiger partial charge on any atom is -0.285 e. The van der Waals surface area contributed by atoms with Gasteiger partial charge in [-0.05, 0) is 74.5 Å². The first-order valence-corrected chi connectivity index (χ1v) is 8.99. The average molecular weight is 291 g/mol. The van der Waals surface area contributed by atoms with Gasteiger partial charge >= 0.3 is 0 Å². The highest BCUT2D eigenvalue weighted by Gasteiger charge is 2.61. The minimum absolute atomic E-state index is 0.0425. The Morgan fingerprint density at radius 2 is 1.86 bits per heavy atom. The van der Waals surface area contributed by atoms with Gasteiger partial charge in [-0.25, -0.2) is 5.06 Å². The van der Waals surface area contributed by atoms with E-state index in [-0.39, 0.29) is 11.4 Å². The number of carbonyl (C=O) groups is 1. The summed E-state index contributed by atoms with van der Waals surface area (Å²) in [5.41, 5.74) is 0.227. The predicted octanol–water partition coefficient (Wildman–Crippen LogP) is 4.00. The van der Waals surface area contributed by atoms with Crippen molar-refractivity contribution in [3.8, 4) is 0 Å². The summed E-state index contributed by atoms with van der Waals surface area (Å²) in [6, 6.07) is 0. The fourth-order valence-electron chi connectivity index (χ4n) is 6.79. The average Bonchev–Trinajstić information content (AvgIpc) is 2.70. The maximum Gasteiger partial charge on any atom is 0.246 e. The minimum atomic E-state index is -0.282. The molecule has 4 fully saturated rings. The summed E-state index contributed by atoms with van der Waals surface area (Å²) in [6.07, 6.45) is 11.0. The van der Waals surface area contributed by atoms with Crippen molar-refractivity contribution in [2.45, 2.75) is 77.2 Å². The molecule has 0 unspecified atom stereocenters. The van der Waals surface area contributed by atoms with Crippen LogP contribution in [0.15, 0.2) is 0 Å². The van der Waals surface area contributed by atoms with Crippen LogP contribution in [-0.2, 0) is 4.79 Å². The summed E-state index contributed by atoms with van der Waals surface area (Å²) in [5, 5.41) is 11.3. The highest BCUT2D eigenvalue weighted by Crippen LogP contribution is 2.63. The first-order valence-electron chi connectivity index (χ1n) is 8.99. The summed E-state index contributed by atoms with van der Waals surface area (Å²) in [4.78, 5) is 12.1. The van der Waals surface area contributed by atoms with Gasteiger partial charge in [0.15, 0.2) is 0 Å². The third-order valence-electron chi connectivity index (χ3n) is 8.05. The second-order valence-corrected chi connectivity index (χ2v) is 8.71. The van der Waals surface area contributed by atoms with E-state index >= 15 is 0 Å². The zero-order chi connectivity index (χ0) is 14.8. The molecule has 118 valence electrons. The SMILES string of the molecule is C[C@]12CCCC[C@@H]1CC[C@@H]1[C@@H]2CC[C@@]2(C)[C@H]1CC(=O)N2O. The van der Waals surface area contributed by atoms with Gasteiger partial charge in [-0.1, -0.05) is 19.8 Å². The molecule has 0 radical (unpaired) electrons. The molecule has 6 atom stereocenters. The molecule has 1 heterocycles. The molecule has 4 rings (SSSR count). The van der Waals surface area contributed by atoms with Crippen LogP contribution in [-0.4, -0.2) is 21.7 Å². The molecule has 0 bridgehead atoms. The fourth-order valence-corrected chi connectivity index (χ4v) is 6.79. The lowest BCUT2D eigenvalue weighted by Crippen LogP contribution is -2.57. The van der Waals surface area contributed by atoms with Crippen molar-refractivity contribution < 1.29 is 10.0 Å². The molecule has 1 amide bonds. The molecule has 1 aliphatic heterocycles. The number of hydrogen-bond acceptors (Lipinski definition) is 2. The Morgan fingerprint density at radius 3 is 2.67 bits per heavy atom. The monoisotopic (exact) mass is 291 g/mol. The molecule has 4 aliphatic rings. The molecule has 3 saturated carbocycles. The molecule has 21 heavy (non-hydrogen) atoms. The second kappa shape index (κ2) is 4.47. The van der Waals surface area contributed by atoms with Crippen LogP contribution in [0, 0.1) is 29.1 Å². The van der Waals surface area contributed by atoms with E-state index in [2.05, 4.69) is 13.8 Å². The van der Waals surface area contributed by atoms with Crippen LogP contribution in [0.2, 0.25) is 0 Å². The number of rotatable bonds is 0. The Morgan fingerprint density at radius 1 is 1.05 bits per heavy atom. The van der Waals surface area contributed by atoms with Crippen LogP contribution in [0.5, 0.6) is 0 Å². The topological polar surface area (TPSA) is 40.5 Å².